The van der Waals surface area contributed by atoms with Crippen molar-refractivity contribution in [2.24, 2.45) is 0 Å². The molecule has 3 N–H and O–H groups in total. The van der Waals surface area contributed by atoms with Crippen molar-refractivity contribution in [3.63, 3.8) is 0 Å². The van der Waals surface area contributed by atoms with Gasteiger partial charge in [0.1, 0.15) is 0 Å². The lowest BCUT2D eigenvalue weighted by Gasteiger charge is -2.15. The smallest absolute Gasteiger partial charge is 0.248 e. The van der Waals surface area contributed by atoms with E-state index in [-0.39, 0.29) is 30.7 Å². The average molecular weight is 485 g/mol. The molecule has 0 atom stereocenters. The minimum atomic E-state index is -0.298. The number of nitrogens with zero attached hydrogens (tertiary/aromatic N) is 1. The van der Waals surface area contributed by atoms with Crippen LogP contribution in [0.3, 0.4) is 0 Å². The number of pyridine rings is 1. The summed E-state index contributed by atoms with van der Waals surface area (Å²) in [4.78, 5) is 16.8. The van der Waals surface area contributed by atoms with Gasteiger partial charge in [-0.15, -0.1) is 36.4 Å². The van der Waals surface area contributed by atoms with E-state index in [4.69, 9.17) is 26.8 Å². The number of methoxy groups -OCH3 is 2. The van der Waals surface area contributed by atoms with Crippen LogP contribution in [0.4, 0.5) is 11.4 Å². The molecule has 1 amide bonds. The number of anilines is 2. The zero-order chi connectivity index (χ0) is 20.8. The Morgan fingerprint density at radius 2 is 1.84 bits per heavy atom. The Bertz CT molecular complexity index is 1070. The molecule has 31 heavy (non-hydrogen) atoms. The molecule has 166 valence electrons. The maximum atomic E-state index is 12.6. The molecule has 0 bridgehead atoms. The van der Waals surface area contributed by atoms with Crippen LogP contribution in [0.15, 0.2) is 48.5 Å². The number of nitrogen functional groups attached to an aromatic ring is 1. The van der Waals surface area contributed by atoms with Gasteiger partial charge in [0, 0.05) is 40.3 Å². The van der Waals surface area contributed by atoms with Gasteiger partial charge in [-0.2, -0.15) is 4.98 Å². The fourth-order valence-corrected chi connectivity index (χ4v) is 3.31. The number of rotatable bonds is 7. The topological polar surface area (TPSA) is 86.5 Å². The van der Waals surface area contributed by atoms with E-state index in [0.29, 0.717) is 41.0 Å². The normalized spacial score (nSPS) is 10.3. The summed E-state index contributed by atoms with van der Waals surface area (Å²) in [7, 11) is 3.04. The largest absolute Gasteiger partial charge is 0.481 e. The minimum absolute atomic E-state index is 0. The number of ether oxygens (including phenoxy) is 2. The summed E-state index contributed by atoms with van der Waals surface area (Å²) in [6.07, 6.45) is 3.66. The highest BCUT2D eigenvalue weighted by atomic mass is 35.5. The van der Waals surface area contributed by atoms with Crippen LogP contribution in [0.5, 0.6) is 11.8 Å². The molecule has 0 unspecified atom stereocenters. The van der Waals surface area contributed by atoms with Crippen molar-refractivity contribution in [1.82, 2.24) is 4.98 Å². The molecule has 0 aliphatic rings. The molecule has 3 aromatic rings. The molecule has 1 aromatic heterocycles. The molecular formula is C22H24Cl3N3O3. The first-order chi connectivity index (χ1) is 14.1. The van der Waals surface area contributed by atoms with Crippen molar-refractivity contribution in [3.8, 4) is 11.8 Å². The summed E-state index contributed by atoms with van der Waals surface area (Å²) in [5, 5.41) is 4.83. The van der Waals surface area contributed by atoms with Crippen molar-refractivity contribution in [2.45, 2.75) is 6.42 Å². The number of nitrogens with one attached hydrogen (secondary N) is 1. The predicted octanol–water partition coefficient (Wildman–Crippen LogP) is 5.11. The highest BCUT2D eigenvalue weighted by Crippen LogP contribution is 2.32. The summed E-state index contributed by atoms with van der Waals surface area (Å²) in [5.41, 5.74) is 9.04. The number of hydrogen-bond donors (Lipinski definition) is 2. The molecule has 9 heteroatoms. The van der Waals surface area contributed by atoms with Crippen LogP contribution >= 0.6 is 36.4 Å². The molecule has 0 saturated heterocycles. The van der Waals surface area contributed by atoms with Gasteiger partial charge in [-0.1, -0.05) is 24.3 Å². The van der Waals surface area contributed by atoms with Crippen molar-refractivity contribution in [1.29, 1.82) is 0 Å². The minimum Gasteiger partial charge on any atom is -0.481 e. The van der Waals surface area contributed by atoms with E-state index in [9.17, 15) is 4.79 Å². The number of carbonyl (C=O) groups excluding carboxylic acids is 1. The Balaban J connectivity index is 0.00000240. The number of aromatic nitrogens is 1. The lowest BCUT2D eigenvalue weighted by molar-refractivity contribution is -0.111. The van der Waals surface area contributed by atoms with Gasteiger partial charge in [-0.3, -0.25) is 4.79 Å². The van der Waals surface area contributed by atoms with Gasteiger partial charge in [0.05, 0.1) is 14.2 Å². The average Bonchev–Trinajstić information content (AvgIpc) is 2.74. The molecule has 1 heterocycles. The predicted molar refractivity (Wildman–Crippen MR) is 132 cm³/mol. The summed E-state index contributed by atoms with van der Waals surface area (Å²) < 4.78 is 10.3. The number of aryl methyl sites for hydroxylation is 1. The fourth-order valence-electron chi connectivity index (χ4n) is 3.12. The molecule has 3 rings (SSSR count). The van der Waals surface area contributed by atoms with Gasteiger partial charge in [0.25, 0.3) is 0 Å². The number of nitrogens with two attached hydrogens (primary N) is 1. The molecular weight excluding hydrogens is 461 g/mol. The lowest BCUT2D eigenvalue weighted by atomic mass is 9.99. The lowest BCUT2D eigenvalue weighted by Crippen LogP contribution is -2.11. The van der Waals surface area contributed by atoms with Crippen LogP contribution in [0.1, 0.15) is 11.1 Å². The number of amides is 1. The molecule has 0 radical (unpaired) electrons. The second-order valence-electron chi connectivity index (χ2n) is 6.25. The highest BCUT2D eigenvalue weighted by molar-refractivity contribution is 6.18. The first kappa shape index (κ1) is 26.4. The van der Waals surface area contributed by atoms with Gasteiger partial charge in [0.2, 0.25) is 17.7 Å². The molecule has 0 aliphatic carbocycles. The van der Waals surface area contributed by atoms with Gasteiger partial charge in [0.15, 0.2) is 0 Å². The maximum Gasteiger partial charge on any atom is 0.248 e. The van der Waals surface area contributed by atoms with E-state index >= 15 is 0 Å². The van der Waals surface area contributed by atoms with Crippen LogP contribution in [-0.4, -0.2) is 31.0 Å². The van der Waals surface area contributed by atoms with Gasteiger partial charge in [-0.05, 0) is 35.6 Å². The van der Waals surface area contributed by atoms with Gasteiger partial charge in [-0.25, -0.2) is 0 Å². The van der Waals surface area contributed by atoms with E-state index in [1.165, 1.54) is 20.3 Å². The summed E-state index contributed by atoms with van der Waals surface area (Å²) in [6, 6.07) is 13.0. The van der Waals surface area contributed by atoms with Crippen LogP contribution < -0.4 is 20.5 Å². The van der Waals surface area contributed by atoms with Crippen molar-refractivity contribution >= 4 is 70.5 Å². The van der Waals surface area contributed by atoms with E-state index in [1.807, 2.05) is 24.3 Å². The molecule has 2 aromatic carbocycles. The molecule has 6 nitrogen and oxygen atoms in total. The third-order valence-corrected chi connectivity index (χ3v) is 4.66. The third-order valence-electron chi connectivity index (χ3n) is 4.47. The standard InChI is InChI=1S/C22H22ClN3O3.2ClH/c1-28-21-10-8-14(22(26-21)29-2)7-9-20(27)25-19-13-18(24)16-6-4-3-5-15(16)17(19)11-12-23;;/h3-10,13H,11-12,24H2,1-2H3,(H,25,27);2*1H/b9-7+;;. The van der Waals surface area contributed by atoms with Crippen LogP contribution in [0.25, 0.3) is 16.8 Å². The zero-order valence-electron chi connectivity index (χ0n) is 17.1. The highest BCUT2D eigenvalue weighted by Gasteiger charge is 2.12. The van der Waals surface area contributed by atoms with Gasteiger partial charge >= 0.3 is 0 Å². The van der Waals surface area contributed by atoms with E-state index in [1.54, 1.807) is 24.3 Å². The molecule has 0 spiro atoms. The Kier molecular flexibility index (Phi) is 10.4. The molecule has 0 saturated carbocycles. The Morgan fingerprint density at radius 1 is 1.13 bits per heavy atom. The maximum absolute atomic E-state index is 12.6. The second kappa shape index (κ2) is 12.2. The quantitative estimate of drug-likeness (QED) is 0.276. The van der Waals surface area contributed by atoms with Crippen molar-refractivity contribution in [2.75, 3.05) is 31.2 Å². The van der Waals surface area contributed by atoms with Crippen molar-refractivity contribution in [3.05, 3.63) is 59.7 Å². The SMILES string of the molecule is COc1ccc(/C=C/C(=O)Nc2cc(N)c3ccccc3c2CCCl)c(OC)n1.Cl.Cl. The molecule has 0 fully saturated rings. The Morgan fingerprint density at radius 3 is 2.48 bits per heavy atom. The number of carbonyl (C=O) groups is 1. The fraction of sp³-hybridized carbons (Fsp3) is 0.182. The molecule has 0 aliphatic heterocycles. The van der Waals surface area contributed by atoms with Crippen LogP contribution in [-0.2, 0) is 11.2 Å². The zero-order valence-corrected chi connectivity index (χ0v) is 19.4. The van der Waals surface area contributed by atoms with E-state index in [2.05, 4.69) is 10.3 Å². The van der Waals surface area contributed by atoms with E-state index < -0.39 is 0 Å². The number of alkyl halides is 1. The first-order valence-electron chi connectivity index (χ1n) is 9.01. The summed E-state index contributed by atoms with van der Waals surface area (Å²) >= 11 is 6.00. The summed E-state index contributed by atoms with van der Waals surface area (Å²) in [5.74, 6) is 0.932. The number of fused-ring (bicyclic) bond motifs is 1. The Labute approximate surface area is 198 Å². The number of benzene rings is 2. The monoisotopic (exact) mass is 483 g/mol. The van der Waals surface area contributed by atoms with Crippen molar-refractivity contribution < 1.29 is 14.3 Å². The number of hydrogen-bond acceptors (Lipinski definition) is 5. The van der Waals surface area contributed by atoms with Crippen LogP contribution in [0, 0.1) is 0 Å². The first-order valence-corrected chi connectivity index (χ1v) is 9.55. The summed E-state index contributed by atoms with van der Waals surface area (Å²) in [6.45, 7) is 0. The third kappa shape index (κ3) is 6.17. The van der Waals surface area contributed by atoms with Crippen LogP contribution in [0.2, 0.25) is 0 Å². The van der Waals surface area contributed by atoms with Gasteiger partial charge < -0.3 is 20.5 Å². The number of halogens is 3. The van der Waals surface area contributed by atoms with E-state index in [0.717, 1.165) is 16.3 Å². The second-order valence-corrected chi connectivity index (χ2v) is 6.63. The Hall–Kier alpha value is -2.67.